The summed E-state index contributed by atoms with van der Waals surface area (Å²) < 4.78 is 52.8. The van der Waals surface area contributed by atoms with Crippen molar-refractivity contribution in [3.63, 3.8) is 0 Å². The summed E-state index contributed by atoms with van der Waals surface area (Å²) in [6.07, 6.45) is -3.69. The molecule has 11 unspecified atom stereocenters. The van der Waals surface area contributed by atoms with Gasteiger partial charge in [0.05, 0.1) is 68.4 Å². The maximum absolute atomic E-state index is 12.5. The maximum Gasteiger partial charge on any atom is 0.362 e. The molecule has 4 aliphatic rings. The number of hydrogen-bond donors (Lipinski definition) is 6. The number of benzene rings is 6. The van der Waals surface area contributed by atoms with Gasteiger partial charge >= 0.3 is 12.9 Å². The summed E-state index contributed by atoms with van der Waals surface area (Å²) in [6.45, 7) is 0.126. The number of aliphatic hydroxyl groups is 5. The number of quaternary nitrogens is 1. The van der Waals surface area contributed by atoms with Crippen LogP contribution in [0.5, 0.6) is 0 Å². The summed E-state index contributed by atoms with van der Waals surface area (Å²) in [5.74, 6) is -2.96. The molecular formula is C62H79B4Cl3N5O12P2+. The second-order valence-corrected chi connectivity index (χ2v) is 29.8. The van der Waals surface area contributed by atoms with Crippen molar-refractivity contribution in [2.24, 2.45) is 0 Å². The van der Waals surface area contributed by atoms with E-state index in [1.54, 1.807) is 28.2 Å². The van der Waals surface area contributed by atoms with Crippen molar-refractivity contribution in [2.75, 3.05) is 93.9 Å². The van der Waals surface area contributed by atoms with E-state index in [0.717, 1.165) is 46.5 Å². The lowest BCUT2D eigenvalue weighted by molar-refractivity contribution is -0.680. The summed E-state index contributed by atoms with van der Waals surface area (Å²) in [4.78, 5) is 4.69. The Morgan fingerprint density at radius 1 is 0.489 bits per heavy atom. The van der Waals surface area contributed by atoms with E-state index < -0.39 is 66.4 Å². The van der Waals surface area contributed by atoms with Gasteiger partial charge in [0, 0.05) is 44.2 Å². The van der Waals surface area contributed by atoms with Gasteiger partial charge in [0.25, 0.3) is 0 Å². The van der Waals surface area contributed by atoms with Crippen molar-refractivity contribution < 1.29 is 63.5 Å². The number of ether oxygens (including phenoxy) is 4. The first kappa shape index (κ1) is 73.4. The monoisotopic (exact) mass is 1300 g/mol. The summed E-state index contributed by atoms with van der Waals surface area (Å²) in [7, 11) is 29.6. The summed E-state index contributed by atoms with van der Waals surface area (Å²) in [6, 6.07) is 60.6. The van der Waals surface area contributed by atoms with Gasteiger partial charge in [0.2, 0.25) is 0 Å². The van der Waals surface area contributed by atoms with E-state index >= 15 is 0 Å². The number of nitrogens with zero attached hydrogens (tertiary/aromatic N) is 4. The predicted octanol–water partition coefficient (Wildman–Crippen LogP) is 5.43. The fourth-order valence-corrected chi connectivity index (χ4v) is 11.5. The van der Waals surface area contributed by atoms with Gasteiger partial charge in [0.15, 0.2) is 0 Å². The second-order valence-electron chi connectivity index (χ2n) is 21.6. The van der Waals surface area contributed by atoms with E-state index in [4.69, 9.17) is 109 Å². The lowest BCUT2D eigenvalue weighted by atomic mass is 9.74. The van der Waals surface area contributed by atoms with Crippen molar-refractivity contribution in [1.29, 1.82) is 0 Å². The van der Waals surface area contributed by atoms with Crippen LogP contribution in [-0.2, 0) is 43.7 Å². The van der Waals surface area contributed by atoms with Crippen molar-refractivity contribution >= 4 is 78.0 Å². The Kier molecular flexibility index (Phi) is 29.5. The molecule has 4 fully saturated rings. The molecule has 0 saturated carbocycles. The molecule has 17 nitrogen and oxygen atoms in total. The molecule has 0 bridgehead atoms. The van der Waals surface area contributed by atoms with Crippen LogP contribution in [-0.4, -0.2) is 231 Å². The molecular weight excluding hydrogens is 1220 g/mol. The molecule has 6 aromatic rings. The van der Waals surface area contributed by atoms with E-state index in [2.05, 4.69) is 161 Å². The van der Waals surface area contributed by atoms with Crippen LogP contribution in [0.1, 0.15) is 33.4 Å². The van der Waals surface area contributed by atoms with Crippen molar-refractivity contribution in [1.82, 2.24) is 19.1 Å². The highest BCUT2D eigenvalue weighted by Crippen LogP contribution is 2.58. The smallest absolute Gasteiger partial charge is 0.362 e. The zero-order valence-electron chi connectivity index (χ0n) is 50.0. The van der Waals surface area contributed by atoms with Gasteiger partial charge in [-0.1, -0.05) is 182 Å². The molecule has 4 heterocycles. The third kappa shape index (κ3) is 19.7. The van der Waals surface area contributed by atoms with Crippen LogP contribution in [0.4, 0.5) is 0 Å². The topological polar surface area (TPSA) is 211 Å². The molecule has 4 aliphatic heterocycles. The van der Waals surface area contributed by atoms with E-state index in [1.165, 1.54) is 9.34 Å². The van der Waals surface area contributed by atoms with Gasteiger partial charge in [-0.15, -0.1) is 0 Å². The van der Waals surface area contributed by atoms with Crippen LogP contribution in [0, 0.1) is 0 Å². The molecule has 11 atom stereocenters. The van der Waals surface area contributed by atoms with Crippen LogP contribution in [0.2, 0.25) is 0 Å². The van der Waals surface area contributed by atoms with E-state index in [-0.39, 0.29) is 44.6 Å². The van der Waals surface area contributed by atoms with Crippen LogP contribution in [0.25, 0.3) is 0 Å². The first-order chi connectivity index (χ1) is 42.0. The van der Waals surface area contributed by atoms with Crippen LogP contribution >= 0.6 is 46.6 Å². The zero-order chi connectivity index (χ0) is 64.1. The minimum atomic E-state index is -3.42. The molecule has 0 aromatic heterocycles. The molecule has 26 heteroatoms. The number of hydrogen-bond acceptors (Lipinski definition) is 14. The van der Waals surface area contributed by atoms with Gasteiger partial charge < -0.3 is 54.3 Å². The molecule has 4 saturated heterocycles. The van der Waals surface area contributed by atoms with Gasteiger partial charge in [-0.2, -0.15) is 0 Å². The number of rotatable bonds is 16. The first-order valence-electron chi connectivity index (χ1n) is 28.8. The Morgan fingerprint density at radius 2 is 0.818 bits per heavy atom. The standard InChI is InChI=1S/C26H29BClN2O3P.C24H24BNO2.C5H10BNO2.C5H9BO4.C2H6Cl2NOP/c1-29(2)34(28,31)32-20-24-18-30(19-25(27)33-24)26(21-12-6-3-7-13-21,22-14-8-4-9-15-22)23-16-10-5-11-17-23;25-23-17-26(16-22(18-27)28-23)24(19-10-4-1-5-11-19,20-12-6-2-7-13-20)21-14-8-3-9-15-21;6-5-2-7-1-4(3-8)9-5;6-5-4(9)3(8)2(1-7)10-5;1-5(2)7(3,4)6/h3-17,24-25H,18-20H2,1-2H3;1-15,22-23,27H,16-18H2;4-5,7-8H,1-3H2;2-5,7-9H,1H2;1-2H3/p+1. The lowest BCUT2D eigenvalue weighted by Gasteiger charge is -2.50. The Bertz CT molecular complexity index is 2840. The molecule has 7 N–H and O–H groups in total. The zero-order valence-corrected chi connectivity index (χ0v) is 54.0. The molecule has 466 valence electrons. The predicted molar refractivity (Wildman–Crippen MR) is 350 cm³/mol. The van der Waals surface area contributed by atoms with Gasteiger partial charge in [-0.3, -0.25) is 18.9 Å². The highest BCUT2D eigenvalue weighted by Gasteiger charge is 2.47. The summed E-state index contributed by atoms with van der Waals surface area (Å²) >= 11 is 16.3. The highest BCUT2D eigenvalue weighted by molar-refractivity contribution is 8.06. The van der Waals surface area contributed by atoms with Gasteiger partial charge in [0.1, 0.15) is 56.2 Å². The van der Waals surface area contributed by atoms with Crippen LogP contribution < -0.4 is 5.32 Å². The van der Waals surface area contributed by atoms with E-state index in [1.807, 2.05) is 36.4 Å². The molecule has 0 spiro atoms. The fraction of sp³-hybridized carbons (Fsp3) is 0.419. The van der Waals surface area contributed by atoms with Crippen molar-refractivity contribution in [3.05, 3.63) is 215 Å². The minimum Gasteiger partial charge on any atom is -0.394 e. The second kappa shape index (κ2) is 35.4. The van der Waals surface area contributed by atoms with Gasteiger partial charge in [-0.05, 0) is 95.3 Å². The van der Waals surface area contributed by atoms with Crippen LogP contribution in [0.3, 0.4) is 0 Å². The fourth-order valence-electron chi connectivity index (χ4n) is 10.8. The number of aliphatic hydroxyl groups excluding tert-OH is 5. The Morgan fingerprint density at radius 3 is 1.08 bits per heavy atom. The normalized spacial score (nSPS) is 25.0. The Labute approximate surface area is 538 Å². The number of morpholine rings is 3. The van der Waals surface area contributed by atoms with Crippen molar-refractivity contribution in [3.8, 4) is 0 Å². The van der Waals surface area contributed by atoms with E-state index in [0.29, 0.717) is 26.2 Å². The third-order valence-electron chi connectivity index (χ3n) is 15.0. The minimum absolute atomic E-state index is 0.0569. The molecule has 88 heavy (non-hydrogen) atoms. The summed E-state index contributed by atoms with van der Waals surface area (Å²) in [5, 5.41) is 46.9. The highest BCUT2D eigenvalue weighted by atomic mass is 35.9. The van der Waals surface area contributed by atoms with Crippen LogP contribution in [0.15, 0.2) is 182 Å². The third-order valence-corrected chi connectivity index (χ3v) is 20.4. The van der Waals surface area contributed by atoms with Gasteiger partial charge in [-0.25, -0.2) is 9.34 Å². The SMILES string of the molecule is CN(C)P(=O)(Cl)Cl.[B]C1CN(C(c2ccccc2)(c2ccccc2)c2ccccc2)CC(CO)O1.[B]C1CN(C(c2ccccc2)(c2ccccc2)c2ccccc2)CC(COP(=O)(Cl)N(C)C)O1.[B]C1C[NH2+]CC(CO)O1.[B]C1OC(CO)C(O)C1O. The average Bonchev–Trinajstić information content (AvgIpc) is 0.920. The van der Waals surface area contributed by atoms with E-state index in [9.17, 15) is 14.2 Å². The molecule has 6 aromatic carbocycles. The lowest BCUT2D eigenvalue weighted by Crippen LogP contribution is -2.91. The maximum atomic E-state index is 12.5. The molecule has 8 radical (unpaired) electrons. The van der Waals surface area contributed by atoms with Crippen molar-refractivity contribution in [2.45, 2.75) is 71.7 Å². The average molecular weight is 1300 g/mol. The molecule has 0 amide bonds. The Balaban J connectivity index is 0.000000202. The summed E-state index contributed by atoms with van der Waals surface area (Å²) in [5.41, 5.74) is 5.72. The molecule has 0 aliphatic carbocycles. The quantitative estimate of drug-likeness (QED) is 0.0406. The number of nitrogens with two attached hydrogens (primary N) is 1. The largest absolute Gasteiger partial charge is 0.394 e. The molecule has 10 rings (SSSR count). The first-order valence-corrected chi connectivity index (χ1v) is 34.7. The Hall–Kier alpha value is -3.69. The number of halogens is 3.